The molecule has 100 valence electrons. The summed E-state index contributed by atoms with van der Waals surface area (Å²) in [7, 11) is 0. The van der Waals surface area contributed by atoms with Crippen molar-refractivity contribution < 1.29 is 14.6 Å². The summed E-state index contributed by atoms with van der Waals surface area (Å²) < 4.78 is 5.30. The second kappa shape index (κ2) is 5.09. The number of rotatable bonds is 2. The van der Waals surface area contributed by atoms with Crippen LogP contribution < -0.4 is 10.1 Å². The minimum absolute atomic E-state index is 0.0652. The van der Waals surface area contributed by atoms with Crippen LogP contribution in [0, 0.1) is 0 Å². The molecular formula is C16H13NO3. The molecule has 1 aliphatic rings. The Morgan fingerprint density at radius 3 is 2.55 bits per heavy atom. The topological polar surface area (TPSA) is 58.6 Å². The summed E-state index contributed by atoms with van der Waals surface area (Å²) in [5.41, 5.74) is 2.64. The minimum Gasteiger partial charge on any atom is -0.508 e. The zero-order valence-electron chi connectivity index (χ0n) is 10.7. The number of aromatic hydroxyl groups is 1. The van der Waals surface area contributed by atoms with Gasteiger partial charge in [0, 0.05) is 0 Å². The van der Waals surface area contributed by atoms with Gasteiger partial charge in [0.25, 0.3) is 5.91 Å². The monoisotopic (exact) mass is 267 g/mol. The van der Waals surface area contributed by atoms with Gasteiger partial charge in [-0.25, -0.2) is 0 Å². The molecule has 4 heteroatoms. The molecule has 1 heterocycles. The van der Waals surface area contributed by atoms with E-state index >= 15 is 0 Å². The number of anilines is 1. The highest BCUT2D eigenvalue weighted by atomic mass is 16.5. The van der Waals surface area contributed by atoms with Gasteiger partial charge < -0.3 is 15.2 Å². The molecule has 1 amide bonds. The summed E-state index contributed by atoms with van der Waals surface area (Å²) in [6, 6.07) is 12.6. The second-order valence-corrected chi connectivity index (χ2v) is 4.52. The van der Waals surface area contributed by atoms with Crippen molar-refractivity contribution in [3.63, 3.8) is 0 Å². The lowest BCUT2D eigenvalue weighted by molar-refractivity contribution is -0.118. The van der Waals surface area contributed by atoms with Crippen molar-refractivity contribution in [3.05, 3.63) is 53.6 Å². The number of phenolic OH excluding ortho intramolecular Hbond substituents is 1. The van der Waals surface area contributed by atoms with E-state index in [1.54, 1.807) is 12.1 Å². The van der Waals surface area contributed by atoms with Gasteiger partial charge >= 0.3 is 0 Å². The molecule has 2 aromatic rings. The molecule has 3 rings (SSSR count). The first-order valence-corrected chi connectivity index (χ1v) is 6.24. The van der Waals surface area contributed by atoms with Gasteiger partial charge in [0.2, 0.25) is 0 Å². The van der Waals surface area contributed by atoms with E-state index in [4.69, 9.17) is 4.74 Å². The Labute approximate surface area is 116 Å². The van der Waals surface area contributed by atoms with Crippen molar-refractivity contribution in [1.82, 2.24) is 0 Å². The van der Waals surface area contributed by atoms with Gasteiger partial charge in [0.05, 0.1) is 5.69 Å². The van der Waals surface area contributed by atoms with Crippen LogP contribution in [0.15, 0.2) is 42.5 Å². The van der Waals surface area contributed by atoms with E-state index in [1.807, 2.05) is 42.5 Å². The number of hydrogen-bond donors (Lipinski definition) is 2. The third-order valence-electron chi connectivity index (χ3n) is 3.00. The lowest BCUT2D eigenvalue weighted by Crippen LogP contribution is -2.25. The van der Waals surface area contributed by atoms with E-state index in [9.17, 15) is 9.90 Å². The molecule has 0 aliphatic carbocycles. The smallest absolute Gasteiger partial charge is 0.262 e. The van der Waals surface area contributed by atoms with Crippen molar-refractivity contribution in [2.24, 2.45) is 0 Å². The zero-order chi connectivity index (χ0) is 13.9. The number of amides is 1. The number of carbonyl (C=O) groups is 1. The first-order chi connectivity index (χ1) is 9.70. The van der Waals surface area contributed by atoms with Crippen LogP contribution in [0.2, 0.25) is 0 Å². The van der Waals surface area contributed by atoms with Crippen LogP contribution >= 0.6 is 0 Å². The average molecular weight is 267 g/mol. The standard InChI is InChI=1S/C16H13NO3/c18-13-6-3-11(4-7-13)1-2-12-5-8-15-14(9-12)17-16(19)10-20-15/h1-9,18H,10H2,(H,17,19)/b2-1+. The highest BCUT2D eigenvalue weighted by Gasteiger charge is 2.15. The van der Waals surface area contributed by atoms with Gasteiger partial charge in [-0.1, -0.05) is 30.4 Å². The molecule has 0 fully saturated rings. The van der Waals surface area contributed by atoms with Crippen LogP contribution in [0.1, 0.15) is 11.1 Å². The van der Waals surface area contributed by atoms with Gasteiger partial charge in [-0.15, -0.1) is 0 Å². The average Bonchev–Trinajstić information content (AvgIpc) is 2.46. The lowest BCUT2D eigenvalue weighted by atomic mass is 10.1. The third-order valence-corrected chi connectivity index (χ3v) is 3.00. The Morgan fingerprint density at radius 2 is 1.75 bits per heavy atom. The Kier molecular flexibility index (Phi) is 3.13. The molecule has 0 aromatic heterocycles. The molecule has 0 bridgehead atoms. The normalized spacial score (nSPS) is 13.7. The summed E-state index contributed by atoms with van der Waals surface area (Å²) >= 11 is 0. The number of ether oxygens (including phenoxy) is 1. The predicted molar refractivity (Wildman–Crippen MR) is 77.6 cm³/mol. The molecule has 0 saturated carbocycles. The molecule has 0 saturated heterocycles. The maximum absolute atomic E-state index is 11.3. The summed E-state index contributed by atoms with van der Waals surface area (Å²) in [4.78, 5) is 11.3. The predicted octanol–water partition coefficient (Wildman–Crippen LogP) is 2.89. The summed E-state index contributed by atoms with van der Waals surface area (Å²) in [6.45, 7) is 0.0652. The zero-order valence-corrected chi connectivity index (χ0v) is 10.7. The van der Waals surface area contributed by atoms with Crippen molar-refractivity contribution in [2.45, 2.75) is 0 Å². The van der Waals surface area contributed by atoms with Crippen LogP contribution in [0.3, 0.4) is 0 Å². The second-order valence-electron chi connectivity index (χ2n) is 4.52. The molecule has 4 nitrogen and oxygen atoms in total. The third kappa shape index (κ3) is 2.64. The number of phenols is 1. The minimum atomic E-state index is -0.142. The fourth-order valence-electron chi connectivity index (χ4n) is 1.98. The Morgan fingerprint density at radius 1 is 1.05 bits per heavy atom. The van der Waals surface area contributed by atoms with Crippen LogP contribution in [0.5, 0.6) is 11.5 Å². The summed E-state index contributed by atoms with van der Waals surface area (Å²) in [5, 5.41) is 12.0. The first-order valence-electron chi connectivity index (χ1n) is 6.24. The van der Waals surface area contributed by atoms with Gasteiger partial charge in [-0.2, -0.15) is 0 Å². The number of benzene rings is 2. The molecule has 0 spiro atoms. The molecule has 20 heavy (non-hydrogen) atoms. The fraction of sp³-hybridized carbons (Fsp3) is 0.0625. The molecule has 0 unspecified atom stereocenters. The summed E-state index contributed by atoms with van der Waals surface area (Å²) in [6.07, 6.45) is 3.88. The van der Waals surface area contributed by atoms with Crippen LogP contribution in [0.25, 0.3) is 12.2 Å². The number of hydrogen-bond acceptors (Lipinski definition) is 3. The number of nitrogens with one attached hydrogen (secondary N) is 1. The molecule has 1 aliphatic heterocycles. The van der Waals surface area contributed by atoms with E-state index < -0.39 is 0 Å². The highest BCUT2D eigenvalue weighted by Crippen LogP contribution is 2.29. The van der Waals surface area contributed by atoms with Gasteiger partial charge in [0.1, 0.15) is 11.5 Å². The molecule has 0 radical (unpaired) electrons. The molecule has 2 N–H and O–H groups in total. The maximum atomic E-state index is 11.3. The molecule has 2 aromatic carbocycles. The van der Waals surface area contributed by atoms with Crippen molar-refractivity contribution in [1.29, 1.82) is 0 Å². The van der Waals surface area contributed by atoms with Crippen molar-refractivity contribution in [3.8, 4) is 11.5 Å². The Balaban J connectivity index is 1.82. The van der Waals surface area contributed by atoms with E-state index in [-0.39, 0.29) is 18.3 Å². The van der Waals surface area contributed by atoms with Gasteiger partial charge in [-0.05, 0) is 35.4 Å². The molecule has 0 atom stereocenters. The van der Waals surface area contributed by atoms with Gasteiger partial charge in [0.15, 0.2) is 6.61 Å². The quantitative estimate of drug-likeness (QED) is 0.822. The first kappa shape index (κ1) is 12.3. The number of fused-ring (bicyclic) bond motifs is 1. The van der Waals surface area contributed by atoms with E-state index in [1.165, 1.54) is 0 Å². The maximum Gasteiger partial charge on any atom is 0.262 e. The highest BCUT2D eigenvalue weighted by molar-refractivity contribution is 5.95. The van der Waals surface area contributed by atoms with Gasteiger partial charge in [-0.3, -0.25) is 4.79 Å². The lowest BCUT2D eigenvalue weighted by Gasteiger charge is -2.17. The van der Waals surface area contributed by atoms with E-state index in [0.717, 1.165) is 11.1 Å². The van der Waals surface area contributed by atoms with Crippen LogP contribution in [-0.2, 0) is 4.79 Å². The summed E-state index contributed by atoms with van der Waals surface area (Å²) in [5.74, 6) is 0.791. The largest absolute Gasteiger partial charge is 0.508 e. The van der Waals surface area contributed by atoms with E-state index in [2.05, 4.69) is 5.32 Å². The van der Waals surface area contributed by atoms with Crippen LogP contribution in [-0.4, -0.2) is 17.6 Å². The van der Waals surface area contributed by atoms with Crippen LogP contribution in [0.4, 0.5) is 5.69 Å². The SMILES string of the molecule is O=C1COc2ccc(/C=C/c3ccc(O)cc3)cc2N1. The molecular weight excluding hydrogens is 254 g/mol. The number of carbonyl (C=O) groups excluding carboxylic acids is 1. The fourth-order valence-corrected chi connectivity index (χ4v) is 1.98. The van der Waals surface area contributed by atoms with E-state index in [0.29, 0.717) is 11.4 Å². The Bertz CT molecular complexity index is 675. The van der Waals surface area contributed by atoms with Crippen molar-refractivity contribution in [2.75, 3.05) is 11.9 Å². The van der Waals surface area contributed by atoms with Crippen molar-refractivity contribution >= 4 is 23.7 Å². The Hall–Kier alpha value is -2.75.